The molecule has 0 aromatic carbocycles. The third-order valence-corrected chi connectivity index (χ3v) is 2.40. The summed E-state index contributed by atoms with van der Waals surface area (Å²) in [5.74, 6) is 0. The van der Waals surface area contributed by atoms with Crippen LogP contribution in [0.25, 0.3) is 0 Å². The Hall–Kier alpha value is -0.120. The number of ether oxygens (including phenoxy) is 1. The Morgan fingerprint density at radius 3 is 2.92 bits per heavy atom. The Balaban J connectivity index is 2.06. The van der Waals surface area contributed by atoms with Gasteiger partial charge < -0.3 is 10.5 Å². The van der Waals surface area contributed by atoms with Crippen LogP contribution >= 0.6 is 0 Å². The van der Waals surface area contributed by atoms with E-state index in [2.05, 4.69) is 18.7 Å². The van der Waals surface area contributed by atoms with Crippen molar-refractivity contribution in [3.63, 3.8) is 0 Å². The third kappa shape index (κ3) is 4.60. The van der Waals surface area contributed by atoms with Crippen LogP contribution in [0.1, 0.15) is 26.7 Å². The molecule has 1 saturated heterocycles. The largest absolute Gasteiger partial charge is 0.377 e. The first-order valence-corrected chi connectivity index (χ1v) is 5.28. The molecule has 1 aliphatic rings. The zero-order chi connectivity index (χ0) is 9.68. The highest BCUT2D eigenvalue weighted by atomic mass is 16.5. The smallest absolute Gasteiger partial charge is 0.0596 e. The second-order valence-corrected chi connectivity index (χ2v) is 4.12. The zero-order valence-corrected chi connectivity index (χ0v) is 8.83. The molecule has 1 rings (SSSR count). The van der Waals surface area contributed by atoms with Gasteiger partial charge >= 0.3 is 0 Å². The SMILES string of the molecule is CC(C)OCCN1CCCC(N)C1. The minimum Gasteiger partial charge on any atom is -0.377 e. The fourth-order valence-electron chi connectivity index (χ4n) is 1.71. The van der Waals surface area contributed by atoms with E-state index in [9.17, 15) is 0 Å². The van der Waals surface area contributed by atoms with Crippen LogP contribution in [0.15, 0.2) is 0 Å². The summed E-state index contributed by atoms with van der Waals surface area (Å²) in [7, 11) is 0. The summed E-state index contributed by atoms with van der Waals surface area (Å²) in [5.41, 5.74) is 5.87. The molecule has 0 spiro atoms. The molecule has 0 bridgehead atoms. The van der Waals surface area contributed by atoms with Crippen molar-refractivity contribution in [3.8, 4) is 0 Å². The molecule has 0 aliphatic carbocycles. The van der Waals surface area contributed by atoms with Crippen molar-refractivity contribution in [3.05, 3.63) is 0 Å². The van der Waals surface area contributed by atoms with E-state index >= 15 is 0 Å². The van der Waals surface area contributed by atoms with Crippen LogP contribution in [0, 0.1) is 0 Å². The molecule has 1 fully saturated rings. The van der Waals surface area contributed by atoms with Gasteiger partial charge in [0.05, 0.1) is 12.7 Å². The quantitative estimate of drug-likeness (QED) is 0.707. The van der Waals surface area contributed by atoms with Crippen LogP contribution in [0.3, 0.4) is 0 Å². The lowest BCUT2D eigenvalue weighted by atomic mass is 10.1. The molecule has 13 heavy (non-hydrogen) atoms. The van der Waals surface area contributed by atoms with Gasteiger partial charge in [0.2, 0.25) is 0 Å². The molecule has 0 saturated carbocycles. The van der Waals surface area contributed by atoms with Crippen molar-refractivity contribution in [2.24, 2.45) is 5.73 Å². The second-order valence-electron chi connectivity index (χ2n) is 4.12. The number of hydrogen-bond donors (Lipinski definition) is 1. The van der Waals surface area contributed by atoms with E-state index in [0.717, 1.165) is 19.7 Å². The fourth-order valence-corrected chi connectivity index (χ4v) is 1.71. The van der Waals surface area contributed by atoms with Gasteiger partial charge in [-0.3, -0.25) is 4.90 Å². The first-order chi connectivity index (χ1) is 6.18. The molecule has 0 aromatic rings. The standard InChI is InChI=1S/C10H22N2O/c1-9(2)13-7-6-12-5-3-4-10(11)8-12/h9-10H,3-8,11H2,1-2H3. The lowest BCUT2D eigenvalue weighted by Gasteiger charge is -2.30. The average molecular weight is 186 g/mol. The summed E-state index contributed by atoms with van der Waals surface area (Å²) in [5, 5.41) is 0. The van der Waals surface area contributed by atoms with Crippen LogP contribution < -0.4 is 5.73 Å². The number of likely N-dealkylation sites (tertiary alicyclic amines) is 1. The number of piperidine rings is 1. The van der Waals surface area contributed by atoms with Gasteiger partial charge in [-0.05, 0) is 33.2 Å². The number of hydrogen-bond acceptors (Lipinski definition) is 3. The molecule has 1 heterocycles. The highest BCUT2D eigenvalue weighted by molar-refractivity contribution is 4.74. The van der Waals surface area contributed by atoms with E-state index in [1.165, 1.54) is 19.4 Å². The van der Waals surface area contributed by atoms with Crippen LogP contribution in [0.5, 0.6) is 0 Å². The summed E-state index contributed by atoms with van der Waals surface area (Å²) in [6.45, 7) is 8.25. The summed E-state index contributed by atoms with van der Waals surface area (Å²) >= 11 is 0. The van der Waals surface area contributed by atoms with Gasteiger partial charge in [0.15, 0.2) is 0 Å². The topological polar surface area (TPSA) is 38.5 Å². The predicted octanol–water partition coefficient (Wildman–Crippen LogP) is 0.835. The molecular weight excluding hydrogens is 164 g/mol. The molecule has 3 heteroatoms. The number of rotatable bonds is 4. The lowest BCUT2D eigenvalue weighted by Crippen LogP contribution is -2.44. The normalized spacial score (nSPS) is 25.4. The molecule has 78 valence electrons. The Labute approximate surface area is 81.2 Å². The summed E-state index contributed by atoms with van der Waals surface area (Å²) in [6.07, 6.45) is 2.77. The van der Waals surface area contributed by atoms with Crippen LogP contribution in [0.2, 0.25) is 0 Å². The summed E-state index contributed by atoms with van der Waals surface area (Å²) in [6, 6.07) is 0.382. The monoisotopic (exact) mass is 186 g/mol. The van der Waals surface area contributed by atoms with Gasteiger partial charge in [0.25, 0.3) is 0 Å². The van der Waals surface area contributed by atoms with Gasteiger partial charge in [-0.25, -0.2) is 0 Å². The lowest BCUT2D eigenvalue weighted by molar-refractivity contribution is 0.0532. The predicted molar refractivity (Wildman–Crippen MR) is 54.7 cm³/mol. The van der Waals surface area contributed by atoms with E-state index in [0.29, 0.717) is 12.1 Å². The Morgan fingerprint density at radius 1 is 1.54 bits per heavy atom. The highest BCUT2D eigenvalue weighted by Gasteiger charge is 2.15. The van der Waals surface area contributed by atoms with E-state index in [1.54, 1.807) is 0 Å². The summed E-state index contributed by atoms with van der Waals surface area (Å²) in [4.78, 5) is 2.40. The maximum absolute atomic E-state index is 5.87. The maximum Gasteiger partial charge on any atom is 0.0596 e. The molecular formula is C10H22N2O. The van der Waals surface area contributed by atoms with Gasteiger partial charge in [-0.1, -0.05) is 0 Å². The van der Waals surface area contributed by atoms with Crippen molar-refractivity contribution < 1.29 is 4.74 Å². The fraction of sp³-hybridized carbons (Fsp3) is 1.00. The van der Waals surface area contributed by atoms with Gasteiger partial charge in [-0.15, -0.1) is 0 Å². The average Bonchev–Trinajstić information content (AvgIpc) is 2.03. The van der Waals surface area contributed by atoms with Crippen molar-refractivity contribution in [2.45, 2.75) is 38.8 Å². The molecule has 0 aromatic heterocycles. The van der Waals surface area contributed by atoms with Crippen molar-refractivity contribution in [1.82, 2.24) is 4.90 Å². The zero-order valence-electron chi connectivity index (χ0n) is 8.83. The second kappa shape index (κ2) is 5.58. The van der Waals surface area contributed by atoms with Crippen LogP contribution in [0.4, 0.5) is 0 Å². The van der Waals surface area contributed by atoms with E-state index in [1.807, 2.05) is 0 Å². The van der Waals surface area contributed by atoms with Crippen molar-refractivity contribution in [1.29, 1.82) is 0 Å². The first kappa shape index (κ1) is 11.0. The van der Waals surface area contributed by atoms with E-state index in [4.69, 9.17) is 10.5 Å². The minimum atomic E-state index is 0.346. The Bertz CT molecular complexity index is 139. The molecule has 0 radical (unpaired) electrons. The molecule has 2 N–H and O–H groups in total. The van der Waals surface area contributed by atoms with Crippen LogP contribution in [-0.4, -0.2) is 43.3 Å². The number of nitrogens with two attached hydrogens (primary N) is 1. The first-order valence-electron chi connectivity index (χ1n) is 5.28. The van der Waals surface area contributed by atoms with Gasteiger partial charge in [0, 0.05) is 19.1 Å². The van der Waals surface area contributed by atoms with Crippen molar-refractivity contribution in [2.75, 3.05) is 26.2 Å². The Kier molecular flexibility index (Phi) is 4.70. The minimum absolute atomic E-state index is 0.346. The third-order valence-electron chi connectivity index (χ3n) is 2.40. The van der Waals surface area contributed by atoms with Crippen molar-refractivity contribution >= 4 is 0 Å². The van der Waals surface area contributed by atoms with E-state index in [-0.39, 0.29) is 0 Å². The molecule has 1 aliphatic heterocycles. The molecule has 1 atom stereocenters. The van der Waals surface area contributed by atoms with Crippen LogP contribution in [-0.2, 0) is 4.74 Å². The summed E-state index contributed by atoms with van der Waals surface area (Å²) < 4.78 is 5.50. The molecule has 3 nitrogen and oxygen atoms in total. The highest BCUT2D eigenvalue weighted by Crippen LogP contribution is 2.07. The van der Waals surface area contributed by atoms with E-state index < -0.39 is 0 Å². The Morgan fingerprint density at radius 2 is 2.31 bits per heavy atom. The molecule has 0 amide bonds. The molecule has 1 unspecified atom stereocenters. The van der Waals surface area contributed by atoms with Gasteiger partial charge in [0.1, 0.15) is 0 Å². The number of nitrogens with zero attached hydrogens (tertiary/aromatic N) is 1. The van der Waals surface area contributed by atoms with Gasteiger partial charge in [-0.2, -0.15) is 0 Å². The maximum atomic E-state index is 5.87.